The number of benzene rings is 3. The van der Waals surface area contributed by atoms with E-state index in [1.54, 1.807) is 36.4 Å². The van der Waals surface area contributed by atoms with Crippen LogP contribution in [0, 0.1) is 18.3 Å². The number of carbonyl (C=O) groups excluding carboxylic acids is 1. The predicted molar refractivity (Wildman–Crippen MR) is 128 cm³/mol. The number of hydrogen-bond donors (Lipinski definition) is 1. The van der Waals surface area contributed by atoms with Gasteiger partial charge in [0.25, 0.3) is 5.91 Å². The number of halogens is 3. The summed E-state index contributed by atoms with van der Waals surface area (Å²) in [5.41, 5.74) is 3.15. The number of aryl methyl sites for hydroxylation is 1. The van der Waals surface area contributed by atoms with Gasteiger partial charge in [0.15, 0.2) is 5.75 Å². The van der Waals surface area contributed by atoms with Gasteiger partial charge in [-0.2, -0.15) is 5.26 Å². The molecule has 31 heavy (non-hydrogen) atoms. The van der Waals surface area contributed by atoms with E-state index in [1.807, 2.05) is 37.3 Å². The zero-order valence-corrected chi connectivity index (χ0v) is 19.6. The second-order valence-electron chi connectivity index (χ2n) is 6.72. The van der Waals surface area contributed by atoms with Crippen LogP contribution in [0.4, 0.5) is 5.69 Å². The fourth-order valence-electron chi connectivity index (χ4n) is 2.69. The summed E-state index contributed by atoms with van der Waals surface area (Å²) in [7, 11) is 0. The lowest BCUT2D eigenvalue weighted by molar-refractivity contribution is -0.112. The maximum absolute atomic E-state index is 12.4. The summed E-state index contributed by atoms with van der Waals surface area (Å²) in [5, 5.41) is 12.7. The number of carbonyl (C=O) groups is 1. The van der Waals surface area contributed by atoms with Gasteiger partial charge in [-0.25, -0.2) is 0 Å². The molecule has 0 saturated heterocycles. The lowest BCUT2D eigenvalue weighted by Gasteiger charge is -2.11. The van der Waals surface area contributed by atoms with Crippen LogP contribution in [0.25, 0.3) is 6.08 Å². The summed E-state index contributed by atoms with van der Waals surface area (Å²) in [6.07, 6.45) is 1.43. The van der Waals surface area contributed by atoms with Crippen molar-refractivity contribution in [3.05, 3.63) is 97.4 Å². The van der Waals surface area contributed by atoms with Crippen LogP contribution >= 0.6 is 39.1 Å². The molecule has 1 amide bonds. The van der Waals surface area contributed by atoms with Gasteiger partial charge in [-0.1, -0.05) is 69.0 Å². The molecule has 0 aliphatic heterocycles. The smallest absolute Gasteiger partial charge is 0.266 e. The summed E-state index contributed by atoms with van der Waals surface area (Å²) in [5.74, 6) is -0.185. The number of rotatable bonds is 6. The van der Waals surface area contributed by atoms with Gasteiger partial charge in [-0.05, 0) is 60.5 Å². The summed E-state index contributed by atoms with van der Waals surface area (Å²) in [6.45, 7) is 2.33. The molecule has 0 unspecified atom stereocenters. The summed E-state index contributed by atoms with van der Waals surface area (Å²) >= 11 is 16.0. The van der Waals surface area contributed by atoms with Gasteiger partial charge in [0, 0.05) is 10.2 Å². The molecule has 0 aliphatic carbocycles. The fraction of sp³-hybridized carbons (Fsp3) is 0.0833. The Morgan fingerprint density at radius 3 is 2.29 bits per heavy atom. The third-order valence-corrected chi connectivity index (χ3v) is 5.39. The quantitative estimate of drug-likeness (QED) is 0.279. The molecule has 0 bridgehead atoms. The van der Waals surface area contributed by atoms with E-state index in [4.69, 9.17) is 27.9 Å². The molecule has 0 spiro atoms. The number of amides is 1. The van der Waals surface area contributed by atoms with Gasteiger partial charge in [0.2, 0.25) is 0 Å². The SMILES string of the molecule is Cc1ccc(COc2c(Cl)cc(/C=C(/C#N)C(=O)Nc3ccc(Br)cc3)cc2Cl)cc1. The number of ether oxygens (including phenoxy) is 1. The predicted octanol–water partition coefficient (Wildman–Crippen LogP) is 7.19. The first-order valence-corrected chi connectivity index (χ1v) is 10.8. The Bertz CT molecular complexity index is 1140. The van der Waals surface area contributed by atoms with Crippen molar-refractivity contribution in [1.29, 1.82) is 5.26 Å². The standard InChI is InChI=1S/C24H17BrCl2N2O2/c1-15-2-4-16(5-3-15)14-31-23-21(26)11-17(12-22(23)27)10-18(13-28)24(30)29-20-8-6-19(25)7-9-20/h2-12H,14H2,1H3,(H,29,30)/b18-10-. The summed E-state index contributed by atoms with van der Waals surface area (Å²) in [4.78, 5) is 12.4. The first-order chi connectivity index (χ1) is 14.9. The highest BCUT2D eigenvalue weighted by Gasteiger charge is 2.13. The van der Waals surface area contributed by atoms with Gasteiger partial charge in [0.05, 0.1) is 10.0 Å². The summed E-state index contributed by atoms with van der Waals surface area (Å²) < 4.78 is 6.67. The van der Waals surface area contributed by atoms with Crippen LogP contribution in [0.2, 0.25) is 10.0 Å². The van der Waals surface area contributed by atoms with Crippen LogP contribution in [-0.2, 0) is 11.4 Å². The van der Waals surface area contributed by atoms with Crippen LogP contribution in [0.5, 0.6) is 5.75 Å². The van der Waals surface area contributed by atoms with Crippen LogP contribution in [0.15, 0.2) is 70.7 Å². The molecule has 4 nitrogen and oxygen atoms in total. The monoisotopic (exact) mass is 514 g/mol. The molecule has 3 aromatic carbocycles. The van der Waals surface area contributed by atoms with Crippen LogP contribution in [0.3, 0.4) is 0 Å². The molecule has 0 radical (unpaired) electrons. The van der Waals surface area contributed by atoms with Gasteiger partial charge in [-0.3, -0.25) is 4.79 Å². The number of anilines is 1. The first-order valence-electron chi connectivity index (χ1n) is 9.22. The Hall–Kier alpha value is -2.78. The van der Waals surface area contributed by atoms with Crippen molar-refractivity contribution < 1.29 is 9.53 Å². The molecule has 3 aromatic rings. The minimum absolute atomic E-state index is 0.0802. The highest BCUT2D eigenvalue weighted by atomic mass is 79.9. The third-order valence-electron chi connectivity index (χ3n) is 4.30. The van der Waals surface area contributed by atoms with E-state index in [9.17, 15) is 10.1 Å². The van der Waals surface area contributed by atoms with Crippen molar-refractivity contribution in [3.63, 3.8) is 0 Å². The minimum Gasteiger partial charge on any atom is -0.486 e. The molecule has 156 valence electrons. The highest BCUT2D eigenvalue weighted by Crippen LogP contribution is 2.35. The van der Waals surface area contributed by atoms with Gasteiger partial charge in [-0.15, -0.1) is 0 Å². The Balaban J connectivity index is 1.76. The second kappa shape index (κ2) is 10.5. The Labute approximate surface area is 199 Å². The average molecular weight is 516 g/mol. The normalized spacial score (nSPS) is 11.0. The van der Waals surface area contributed by atoms with E-state index in [0.29, 0.717) is 23.6 Å². The van der Waals surface area contributed by atoms with E-state index in [0.717, 1.165) is 15.6 Å². The van der Waals surface area contributed by atoms with Crippen molar-refractivity contribution in [2.75, 3.05) is 5.32 Å². The molecular weight excluding hydrogens is 499 g/mol. The minimum atomic E-state index is -0.531. The Morgan fingerprint density at radius 1 is 1.10 bits per heavy atom. The molecule has 3 rings (SSSR count). The lowest BCUT2D eigenvalue weighted by Crippen LogP contribution is -2.13. The molecular formula is C24H17BrCl2N2O2. The largest absolute Gasteiger partial charge is 0.486 e. The van der Waals surface area contributed by atoms with E-state index < -0.39 is 5.91 Å². The van der Waals surface area contributed by atoms with Crippen molar-refractivity contribution in [3.8, 4) is 11.8 Å². The molecule has 0 saturated carbocycles. The third kappa shape index (κ3) is 6.35. The van der Waals surface area contributed by atoms with Gasteiger partial charge >= 0.3 is 0 Å². The van der Waals surface area contributed by atoms with Crippen molar-refractivity contribution in [2.45, 2.75) is 13.5 Å². The van der Waals surface area contributed by atoms with E-state index in [2.05, 4.69) is 21.2 Å². The lowest BCUT2D eigenvalue weighted by atomic mass is 10.1. The van der Waals surface area contributed by atoms with E-state index in [-0.39, 0.29) is 15.6 Å². The average Bonchev–Trinajstić information content (AvgIpc) is 2.74. The zero-order valence-electron chi connectivity index (χ0n) is 16.5. The van der Waals surface area contributed by atoms with Crippen molar-refractivity contribution in [1.82, 2.24) is 0 Å². The van der Waals surface area contributed by atoms with E-state index in [1.165, 1.54) is 6.08 Å². The van der Waals surface area contributed by atoms with Crippen LogP contribution < -0.4 is 10.1 Å². The molecule has 0 heterocycles. The number of nitriles is 1. The van der Waals surface area contributed by atoms with Crippen LogP contribution in [-0.4, -0.2) is 5.91 Å². The van der Waals surface area contributed by atoms with E-state index >= 15 is 0 Å². The molecule has 0 fully saturated rings. The number of hydrogen-bond acceptors (Lipinski definition) is 3. The molecule has 0 aliphatic rings. The maximum Gasteiger partial charge on any atom is 0.266 e. The molecule has 7 heteroatoms. The van der Waals surface area contributed by atoms with Crippen LogP contribution in [0.1, 0.15) is 16.7 Å². The van der Waals surface area contributed by atoms with Crippen molar-refractivity contribution in [2.24, 2.45) is 0 Å². The molecule has 0 atom stereocenters. The number of nitrogens with one attached hydrogen (secondary N) is 1. The Kier molecular flexibility index (Phi) is 7.75. The second-order valence-corrected chi connectivity index (χ2v) is 8.45. The summed E-state index contributed by atoms with van der Waals surface area (Å²) in [6, 6.07) is 20.1. The Morgan fingerprint density at radius 2 is 1.71 bits per heavy atom. The van der Waals surface area contributed by atoms with Gasteiger partial charge < -0.3 is 10.1 Å². The molecule has 0 aromatic heterocycles. The number of nitrogens with zero attached hydrogens (tertiary/aromatic N) is 1. The highest BCUT2D eigenvalue weighted by molar-refractivity contribution is 9.10. The topological polar surface area (TPSA) is 62.1 Å². The first kappa shape index (κ1) is 22.9. The zero-order chi connectivity index (χ0) is 22.4. The van der Waals surface area contributed by atoms with Crippen molar-refractivity contribution >= 4 is 56.8 Å². The molecule has 1 N–H and O–H groups in total. The maximum atomic E-state index is 12.4. The van der Waals surface area contributed by atoms with Gasteiger partial charge in [0.1, 0.15) is 18.2 Å². The fourth-order valence-corrected chi connectivity index (χ4v) is 3.56.